The fourth-order valence-corrected chi connectivity index (χ4v) is 0.790. The summed E-state index contributed by atoms with van der Waals surface area (Å²) in [5.74, 6) is 0.824. The summed E-state index contributed by atoms with van der Waals surface area (Å²) in [5.41, 5.74) is 0. The molecule has 1 aliphatic rings. The molecule has 0 aromatic carbocycles. The number of ether oxygens (including phenoxy) is 1. The maximum Gasteiger partial charge on any atom is 0.180 e. The van der Waals surface area contributed by atoms with Gasteiger partial charge in [-0.25, -0.2) is 4.99 Å². The van der Waals surface area contributed by atoms with Crippen LogP contribution in [0, 0.1) is 0 Å². The van der Waals surface area contributed by atoms with E-state index >= 15 is 0 Å². The minimum atomic E-state index is 0.287. The molecule has 0 N–H and O–H groups in total. The van der Waals surface area contributed by atoms with Crippen LogP contribution in [0.4, 0.5) is 0 Å². The Balaban J connectivity index is 2.56. The van der Waals surface area contributed by atoms with E-state index in [1.54, 1.807) is 0 Å². The third-order valence-electron chi connectivity index (χ3n) is 1.42. The lowest BCUT2D eigenvalue weighted by Gasteiger charge is -2.05. The maximum atomic E-state index is 5.22. The van der Waals surface area contributed by atoms with Crippen molar-refractivity contribution in [3.63, 3.8) is 0 Å². The van der Waals surface area contributed by atoms with Crippen LogP contribution in [0.2, 0.25) is 0 Å². The van der Waals surface area contributed by atoms with Crippen molar-refractivity contribution in [1.82, 2.24) is 0 Å². The van der Waals surface area contributed by atoms with Crippen molar-refractivity contribution in [1.29, 1.82) is 0 Å². The molecule has 1 heterocycles. The van der Waals surface area contributed by atoms with Crippen molar-refractivity contribution in [2.45, 2.75) is 32.9 Å². The van der Waals surface area contributed by atoms with Gasteiger partial charge in [0.05, 0.1) is 6.04 Å². The van der Waals surface area contributed by atoms with Gasteiger partial charge in [0.25, 0.3) is 0 Å². The molecular formula is C6H11NO. The van der Waals surface area contributed by atoms with Crippen molar-refractivity contribution >= 4 is 5.90 Å². The molecule has 0 bridgehead atoms. The van der Waals surface area contributed by atoms with Gasteiger partial charge < -0.3 is 4.74 Å². The predicted molar refractivity (Wildman–Crippen MR) is 33.1 cm³/mol. The summed E-state index contributed by atoms with van der Waals surface area (Å²) in [5, 5.41) is 0. The zero-order valence-electron chi connectivity index (χ0n) is 5.51. The summed E-state index contributed by atoms with van der Waals surface area (Å²) in [7, 11) is 0. The van der Waals surface area contributed by atoms with Gasteiger partial charge in [0.15, 0.2) is 5.90 Å². The standard InChI is InChI=1S/C6H11NO/c1-4-5(2)8-6(3)7-4/h4-5H,1-3H3/t4-,5-/m0/s1. The Bertz CT molecular complexity index is 120. The Morgan fingerprint density at radius 2 is 2.12 bits per heavy atom. The van der Waals surface area contributed by atoms with Crippen LogP contribution in [0.1, 0.15) is 20.8 Å². The molecule has 1 aliphatic heterocycles. The first-order valence-electron chi connectivity index (χ1n) is 2.91. The molecule has 0 aromatic heterocycles. The molecule has 0 aliphatic carbocycles. The molecule has 46 valence electrons. The lowest BCUT2D eigenvalue weighted by molar-refractivity contribution is 0.217. The molecule has 0 amide bonds. The molecule has 0 fully saturated rings. The molecule has 0 spiro atoms. The van der Waals surface area contributed by atoms with Crippen LogP contribution in [0.5, 0.6) is 0 Å². The molecule has 1 rings (SSSR count). The average molecular weight is 113 g/mol. The number of nitrogens with zero attached hydrogens (tertiary/aromatic N) is 1. The second-order valence-corrected chi connectivity index (χ2v) is 2.21. The average Bonchev–Trinajstić information content (AvgIpc) is 1.85. The molecule has 0 radical (unpaired) electrons. The van der Waals surface area contributed by atoms with Gasteiger partial charge in [-0.15, -0.1) is 0 Å². The molecule has 2 heteroatoms. The highest BCUT2D eigenvalue weighted by Gasteiger charge is 2.19. The third kappa shape index (κ3) is 0.831. The van der Waals surface area contributed by atoms with Gasteiger partial charge in [0.1, 0.15) is 6.10 Å². The van der Waals surface area contributed by atoms with Gasteiger partial charge >= 0.3 is 0 Å². The Hall–Kier alpha value is -0.530. The van der Waals surface area contributed by atoms with Gasteiger partial charge in [-0.05, 0) is 13.8 Å². The fourth-order valence-electron chi connectivity index (χ4n) is 0.790. The largest absolute Gasteiger partial charge is 0.476 e. The number of aliphatic imine (C=N–C) groups is 1. The smallest absolute Gasteiger partial charge is 0.180 e. The first-order valence-corrected chi connectivity index (χ1v) is 2.91. The first kappa shape index (κ1) is 5.60. The molecule has 0 saturated heterocycles. The second kappa shape index (κ2) is 1.77. The monoisotopic (exact) mass is 113 g/mol. The topological polar surface area (TPSA) is 21.6 Å². The van der Waals surface area contributed by atoms with E-state index < -0.39 is 0 Å². The summed E-state index contributed by atoms with van der Waals surface area (Å²) in [6.45, 7) is 5.98. The Kier molecular flexibility index (Phi) is 1.24. The summed E-state index contributed by atoms with van der Waals surface area (Å²) >= 11 is 0. The number of rotatable bonds is 0. The quantitative estimate of drug-likeness (QED) is 0.462. The van der Waals surface area contributed by atoms with Crippen molar-refractivity contribution < 1.29 is 4.74 Å². The molecular weight excluding hydrogens is 102 g/mol. The summed E-state index contributed by atoms with van der Waals surface area (Å²) < 4.78 is 5.22. The minimum absolute atomic E-state index is 0.287. The van der Waals surface area contributed by atoms with E-state index in [1.165, 1.54) is 0 Å². The van der Waals surface area contributed by atoms with Crippen molar-refractivity contribution in [2.75, 3.05) is 0 Å². The third-order valence-corrected chi connectivity index (χ3v) is 1.42. The van der Waals surface area contributed by atoms with E-state index in [1.807, 2.05) is 13.8 Å². The van der Waals surface area contributed by atoms with E-state index in [-0.39, 0.29) is 6.10 Å². The van der Waals surface area contributed by atoms with E-state index in [4.69, 9.17) is 4.74 Å². The normalized spacial score (nSPS) is 36.6. The summed E-state index contributed by atoms with van der Waals surface area (Å²) in [4.78, 5) is 4.16. The van der Waals surface area contributed by atoms with E-state index in [2.05, 4.69) is 11.9 Å². The van der Waals surface area contributed by atoms with Gasteiger partial charge in [-0.1, -0.05) is 0 Å². The summed E-state index contributed by atoms with van der Waals surface area (Å²) in [6.07, 6.45) is 0.287. The van der Waals surface area contributed by atoms with Crippen LogP contribution in [-0.4, -0.2) is 18.0 Å². The molecule has 2 nitrogen and oxygen atoms in total. The SMILES string of the molecule is CC1=N[C@@H](C)[C@H](C)O1. The highest BCUT2D eigenvalue weighted by molar-refractivity contribution is 5.75. The zero-order valence-corrected chi connectivity index (χ0v) is 5.51. The number of hydrogen-bond donors (Lipinski definition) is 0. The Morgan fingerprint density at radius 3 is 2.25 bits per heavy atom. The lowest BCUT2D eigenvalue weighted by Crippen LogP contribution is -2.13. The first-order chi connectivity index (χ1) is 3.70. The molecule has 2 atom stereocenters. The van der Waals surface area contributed by atoms with Crippen molar-refractivity contribution in [2.24, 2.45) is 4.99 Å². The highest BCUT2D eigenvalue weighted by atomic mass is 16.5. The second-order valence-electron chi connectivity index (χ2n) is 2.21. The number of hydrogen-bond acceptors (Lipinski definition) is 2. The van der Waals surface area contributed by atoms with Gasteiger partial charge in [0.2, 0.25) is 0 Å². The summed E-state index contributed by atoms with van der Waals surface area (Å²) in [6, 6.07) is 0.356. The van der Waals surface area contributed by atoms with Crippen LogP contribution in [0.15, 0.2) is 4.99 Å². The van der Waals surface area contributed by atoms with Gasteiger partial charge in [0, 0.05) is 6.92 Å². The molecule has 0 saturated carbocycles. The molecule has 0 aromatic rings. The van der Waals surface area contributed by atoms with Crippen molar-refractivity contribution in [3.8, 4) is 0 Å². The van der Waals surface area contributed by atoms with Crippen LogP contribution in [-0.2, 0) is 4.74 Å². The van der Waals surface area contributed by atoms with Crippen LogP contribution in [0.3, 0.4) is 0 Å². The highest BCUT2D eigenvalue weighted by Crippen LogP contribution is 2.10. The van der Waals surface area contributed by atoms with E-state index in [0.717, 1.165) is 5.90 Å². The Morgan fingerprint density at radius 1 is 1.50 bits per heavy atom. The molecule has 8 heavy (non-hydrogen) atoms. The lowest BCUT2D eigenvalue weighted by atomic mass is 10.2. The maximum absolute atomic E-state index is 5.22. The minimum Gasteiger partial charge on any atom is -0.476 e. The molecule has 0 unspecified atom stereocenters. The van der Waals surface area contributed by atoms with Gasteiger partial charge in [-0.2, -0.15) is 0 Å². The predicted octanol–water partition coefficient (Wildman–Crippen LogP) is 1.21. The Labute approximate surface area is 49.6 Å². The van der Waals surface area contributed by atoms with Crippen LogP contribution < -0.4 is 0 Å². The zero-order chi connectivity index (χ0) is 6.15. The fraction of sp³-hybridized carbons (Fsp3) is 0.833. The van der Waals surface area contributed by atoms with Gasteiger partial charge in [-0.3, -0.25) is 0 Å². The van der Waals surface area contributed by atoms with E-state index in [0.29, 0.717) is 6.04 Å². The van der Waals surface area contributed by atoms with Crippen LogP contribution >= 0.6 is 0 Å². The van der Waals surface area contributed by atoms with E-state index in [9.17, 15) is 0 Å². The van der Waals surface area contributed by atoms with Crippen molar-refractivity contribution in [3.05, 3.63) is 0 Å². The van der Waals surface area contributed by atoms with Crippen LogP contribution in [0.25, 0.3) is 0 Å².